The van der Waals surface area contributed by atoms with Gasteiger partial charge in [-0.25, -0.2) is 4.98 Å². The average molecular weight is 454 g/mol. The molecule has 2 aliphatic heterocycles. The number of carbonyl (C=O) groups is 2. The van der Waals surface area contributed by atoms with Crippen LogP contribution >= 0.6 is 0 Å². The highest BCUT2D eigenvalue weighted by atomic mass is 16.5. The van der Waals surface area contributed by atoms with Crippen LogP contribution in [0, 0.1) is 0 Å². The molecule has 0 atom stereocenters. The first-order valence-electron chi connectivity index (χ1n) is 11.6. The molecule has 0 aliphatic carbocycles. The fourth-order valence-corrected chi connectivity index (χ4v) is 4.18. The molecule has 0 spiro atoms. The number of anilines is 1. The number of rotatable bonds is 7. The van der Waals surface area contributed by atoms with Crippen LogP contribution < -0.4 is 14.4 Å². The van der Waals surface area contributed by atoms with E-state index in [4.69, 9.17) is 9.47 Å². The number of piperazine rings is 1. The number of benzene rings is 1. The SMILES string of the molecule is CCOc1cc(C(=O)N2CCN(c3cnccn3)CC2)ccc1OCC(=O)N1CCCCC1. The Morgan fingerprint density at radius 3 is 2.39 bits per heavy atom. The average Bonchev–Trinajstić information content (AvgIpc) is 2.88. The van der Waals surface area contributed by atoms with Gasteiger partial charge in [0.1, 0.15) is 5.82 Å². The van der Waals surface area contributed by atoms with Gasteiger partial charge in [0.25, 0.3) is 11.8 Å². The summed E-state index contributed by atoms with van der Waals surface area (Å²) in [6.45, 7) is 6.45. The Hall–Kier alpha value is -3.36. The number of aromatic nitrogens is 2. The Morgan fingerprint density at radius 2 is 1.70 bits per heavy atom. The summed E-state index contributed by atoms with van der Waals surface area (Å²) in [5, 5.41) is 0. The third-order valence-corrected chi connectivity index (χ3v) is 5.99. The van der Waals surface area contributed by atoms with Gasteiger partial charge in [-0.15, -0.1) is 0 Å². The predicted octanol–water partition coefficient (Wildman–Crippen LogP) is 2.23. The Kier molecular flexibility index (Phi) is 7.59. The fourth-order valence-electron chi connectivity index (χ4n) is 4.18. The summed E-state index contributed by atoms with van der Waals surface area (Å²) >= 11 is 0. The predicted molar refractivity (Wildman–Crippen MR) is 124 cm³/mol. The largest absolute Gasteiger partial charge is 0.490 e. The lowest BCUT2D eigenvalue weighted by Crippen LogP contribution is -2.49. The normalized spacial score (nSPS) is 16.5. The third-order valence-electron chi connectivity index (χ3n) is 5.99. The van der Waals surface area contributed by atoms with Gasteiger partial charge in [0.05, 0.1) is 12.8 Å². The summed E-state index contributed by atoms with van der Waals surface area (Å²) in [5.74, 6) is 1.71. The summed E-state index contributed by atoms with van der Waals surface area (Å²) in [6.07, 6.45) is 8.31. The third kappa shape index (κ3) is 5.71. The van der Waals surface area contributed by atoms with Crippen molar-refractivity contribution in [3.05, 3.63) is 42.4 Å². The molecule has 0 unspecified atom stereocenters. The molecule has 9 heteroatoms. The van der Waals surface area contributed by atoms with E-state index in [9.17, 15) is 9.59 Å². The zero-order chi connectivity index (χ0) is 23.0. The number of amides is 2. The van der Waals surface area contributed by atoms with Crippen LogP contribution in [-0.4, -0.2) is 84.1 Å². The molecular weight excluding hydrogens is 422 g/mol. The molecule has 2 aliphatic rings. The Bertz CT molecular complexity index is 941. The van der Waals surface area contributed by atoms with Crippen molar-refractivity contribution in [2.75, 3.05) is 57.4 Å². The standard InChI is InChI=1S/C24H31N5O4/c1-2-32-21-16-19(6-7-20(21)33-18-23(30)28-10-4-3-5-11-28)24(31)29-14-12-27(13-15-29)22-17-25-8-9-26-22/h6-9,16-17H,2-5,10-15,18H2,1H3. The van der Waals surface area contributed by atoms with Crippen molar-refractivity contribution in [1.29, 1.82) is 0 Å². The van der Waals surface area contributed by atoms with Gasteiger partial charge in [0.2, 0.25) is 0 Å². The maximum Gasteiger partial charge on any atom is 0.260 e. The van der Waals surface area contributed by atoms with Crippen molar-refractivity contribution in [3.8, 4) is 11.5 Å². The lowest BCUT2D eigenvalue weighted by atomic mass is 10.1. The van der Waals surface area contributed by atoms with Gasteiger partial charge in [0, 0.05) is 57.2 Å². The van der Waals surface area contributed by atoms with E-state index in [1.54, 1.807) is 36.8 Å². The first-order valence-corrected chi connectivity index (χ1v) is 11.6. The maximum absolute atomic E-state index is 13.1. The van der Waals surface area contributed by atoms with Gasteiger partial charge in [-0.05, 0) is 44.4 Å². The van der Waals surface area contributed by atoms with Gasteiger partial charge in [-0.2, -0.15) is 0 Å². The van der Waals surface area contributed by atoms with E-state index >= 15 is 0 Å². The molecule has 2 amide bonds. The molecule has 2 aromatic rings. The Morgan fingerprint density at radius 1 is 0.909 bits per heavy atom. The minimum atomic E-state index is -0.0503. The topological polar surface area (TPSA) is 88.1 Å². The summed E-state index contributed by atoms with van der Waals surface area (Å²) < 4.78 is 11.5. The molecule has 2 saturated heterocycles. The van der Waals surface area contributed by atoms with E-state index in [1.807, 2.05) is 16.7 Å². The first-order chi connectivity index (χ1) is 16.2. The highest BCUT2D eigenvalue weighted by molar-refractivity contribution is 5.95. The molecule has 176 valence electrons. The number of ether oxygens (including phenoxy) is 2. The molecule has 1 aromatic heterocycles. The number of hydrogen-bond donors (Lipinski definition) is 0. The first kappa shape index (κ1) is 22.8. The van der Waals surface area contributed by atoms with Crippen LogP contribution in [0.15, 0.2) is 36.8 Å². The maximum atomic E-state index is 13.1. The Labute approximate surface area is 194 Å². The van der Waals surface area contributed by atoms with Crippen molar-refractivity contribution >= 4 is 17.6 Å². The second-order valence-corrected chi connectivity index (χ2v) is 8.17. The molecule has 0 N–H and O–H groups in total. The van der Waals surface area contributed by atoms with Crippen LogP contribution in [0.1, 0.15) is 36.5 Å². The van der Waals surface area contributed by atoms with E-state index in [1.165, 1.54) is 6.42 Å². The van der Waals surface area contributed by atoms with Crippen molar-refractivity contribution in [3.63, 3.8) is 0 Å². The molecule has 4 rings (SSSR count). The van der Waals surface area contributed by atoms with Crippen molar-refractivity contribution < 1.29 is 19.1 Å². The van der Waals surface area contributed by atoms with Gasteiger partial charge < -0.3 is 24.2 Å². The number of likely N-dealkylation sites (tertiary alicyclic amines) is 1. The molecule has 0 radical (unpaired) electrons. The lowest BCUT2D eigenvalue weighted by molar-refractivity contribution is -0.134. The highest BCUT2D eigenvalue weighted by Gasteiger charge is 2.24. The number of nitrogens with zero attached hydrogens (tertiary/aromatic N) is 5. The van der Waals surface area contributed by atoms with Crippen LogP contribution in [0.25, 0.3) is 0 Å². The highest BCUT2D eigenvalue weighted by Crippen LogP contribution is 2.29. The van der Waals surface area contributed by atoms with E-state index in [0.29, 0.717) is 49.8 Å². The minimum Gasteiger partial charge on any atom is -0.490 e. The summed E-state index contributed by atoms with van der Waals surface area (Å²) in [7, 11) is 0. The van der Waals surface area contributed by atoms with Crippen molar-refractivity contribution in [2.45, 2.75) is 26.2 Å². The van der Waals surface area contributed by atoms with Crippen LogP contribution in [0.4, 0.5) is 5.82 Å². The van der Waals surface area contributed by atoms with E-state index in [0.717, 1.165) is 31.7 Å². The van der Waals surface area contributed by atoms with E-state index in [2.05, 4.69) is 14.9 Å². The van der Waals surface area contributed by atoms with Crippen molar-refractivity contribution in [2.24, 2.45) is 0 Å². The lowest BCUT2D eigenvalue weighted by Gasteiger charge is -2.35. The van der Waals surface area contributed by atoms with Crippen LogP contribution in [0.2, 0.25) is 0 Å². The minimum absolute atomic E-state index is 0.0155. The molecule has 0 bridgehead atoms. The molecule has 2 fully saturated rings. The second kappa shape index (κ2) is 11.0. The molecule has 0 saturated carbocycles. The van der Waals surface area contributed by atoms with Crippen LogP contribution in [-0.2, 0) is 4.79 Å². The summed E-state index contributed by atoms with van der Waals surface area (Å²) in [6, 6.07) is 5.17. The molecular formula is C24H31N5O4. The van der Waals surface area contributed by atoms with Gasteiger partial charge in [-0.1, -0.05) is 0 Å². The molecule has 33 heavy (non-hydrogen) atoms. The van der Waals surface area contributed by atoms with E-state index in [-0.39, 0.29) is 18.4 Å². The molecule has 1 aromatic carbocycles. The molecule has 3 heterocycles. The van der Waals surface area contributed by atoms with E-state index < -0.39 is 0 Å². The number of carbonyl (C=O) groups excluding carboxylic acids is 2. The second-order valence-electron chi connectivity index (χ2n) is 8.17. The van der Waals surface area contributed by atoms with Crippen LogP contribution in [0.5, 0.6) is 11.5 Å². The zero-order valence-electron chi connectivity index (χ0n) is 19.1. The summed E-state index contributed by atoms with van der Waals surface area (Å²) in [4.78, 5) is 39.8. The zero-order valence-corrected chi connectivity index (χ0v) is 19.1. The molecule has 9 nitrogen and oxygen atoms in total. The summed E-state index contributed by atoms with van der Waals surface area (Å²) in [5.41, 5.74) is 0.543. The Balaban J connectivity index is 1.37. The van der Waals surface area contributed by atoms with Gasteiger partial charge >= 0.3 is 0 Å². The van der Waals surface area contributed by atoms with Gasteiger partial charge in [-0.3, -0.25) is 14.6 Å². The number of piperidine rings is 1. The monoisotopic (exact) mass is 453 g/mol. The fraction of sp³-hybridized carbons (Fsp3) is 0.500. The van der Waals surface area contributed by atoms with Crippen LogP contribution in [0.3, 0.4) is 0 Å². The van der Waals surface area contributed by atoms with Crippen molar-refractivity contribution in [1.82, 2.24) is 19.8 Å². The smallest absolute Gasteiger partial charge is 0.260 e. The quantitative estimate of drug-likeness (QED) is 0.635. The van der Waals surface area contributed by atoms with Gasteiger partial charge in [0.15, 0.2) is 18.1 Å². The number of hydrogen-bond acceptors (Lipinski definition) is 7.